The predicted molar refractivity (Wildman–Crippen MR) is 135 cm³/mol. The minimum absolute atomic E-state index is 0.0593. The molecule has 23 heteroatoms. The molecule has 224 valence electrons. The van der Waals surface area contributed by atoms with Crippen LogP contribution in [0.15, 0.2) is 36.9 Å². The molecule has 1 aliphatic rings. The topological polar surface area (TPSA) is 280 Å². The summed E-state index contributed by atoms with van der Waals surface area (Å²) >= 11 is 0. The summed E-state index contributed by atoms with van der Waals surface area (Å²) in [6, 6.07) is 5.83. The molecule has 0 spiro atoms. The molecule has 1 aromatic carbocycles. The van der Waals surface area contributed by atoms with E-state index >= 15 is 0 Å². The molecule has 6 atom stereocenters. The number of fused-ring (bicyclic) bond motifs is 1. The zero-order valence-electron chi connectivity index (χ0n) is 20.8. The van der Waals surface area contributed by atoms with Gasteiger partial charge in [0.15, 0.2) is 11.5 Å². The number of para-hydroxylation sites is 1. The molecule has 2 aromatic heterocycles. The molecular formula is C18H23N6O14P3. The number of nitro benzene ring substituents is 1. The van der Waals surface area contributed by atoms with E-state index in [9.17, 15) is 38.5 Å². The predicted octanol–water partition coefficient (Wildman–Crippen LogP) is 2.19. The van der Waals surface area contributed by atoms with E-state index in [0.29, 0.717) is 12.8 Å². The molecule has 4 rings (SSSR count). The maximum absolute atomic E-state index is 12.4. The number of benzene rings is 1. The summed E-state index contributed by atoms with van der Waals surface area (Å²) in [4.78, 5) is 51.7. The highest BCUT2D eigenvalue weighted by molar-refractivity contribution is 7.66. The molecule has 0 aliphatic carbocycles. The van der Waals surface area contributed by atoms with Crippen molar-refractivity contribution in [1.29, 1.82) is 0 Å². The van der Waals surface area contributed by atoms with E-state index < -0.39 is 53.4 Å². The number of hydrogen-bond donors (Lipinski definition) is 4. The van der Waals surface area contributed by atoms with Gasteiger partial charge in [0.25, 0.3) is 5.69 Å². The molecule has 41 heavy (non-hydrogen) atoms. The van der Waals surface area contributed by atoms with Gasteiger partial charge < -0.3 is 29.9 Å². The van der Waals surface area contributed by atoms with Crippen LogP contribution in [0.25, 0.3) is 11.2 Å². The molecule has 3 aromatic rings. The number of hydrogen-bond acceptors (Lipinski definition) is 15. The highest BCUT2D eigenvalue weighted by Crippen LogP contribution is 2.67. The molecule has 0 saturated carbocycles. The van der Waals surface area contributed by atoms with Crippen LogP contribution in [-0.2, 0) is 47.4 Å². The largest absolute Gasteiger partial charge is 0.490 e. The molecular weight excluding hydrogens is 617 g/mol. The average molecular weight is 640 g/mol. The van der Waals surface area contributed by atoms with Crippen LogP contribution in [0.4, 0.5) is 11.5 Å². The lowest BCUT2D eigenvalue weighted by molar-refractivity contribution is -0.386. The quantitative estimate of drug-likeness (QED) is 0.118. The van der Waals surface area contributed by atoms with Crippen molar-refractivity contribution in [3.05, 3.63) is 52.6 Å². The molecule has 1 saturated heterocycles. The van der Waals surface area contributed by atoms with E-state index in [1.807, 2.05) is 0 Å². The van der Waals surface area contributed by atoms with Crippen LogP contribution >= 0.6 is 23.5 Å². The second kappa shape index (κ2) is 12.3. The fraction of sp³-hybridized carbons (Fsp3) is 0.389. The van der Waals surface area contributed by atoms with E-state index in [4.69, 9.17) is 19.7 Å². The molecule has 0 radical (unpaired) electrons. The van der Waals surface area contributed by atoms with Crippen LogP contribution in [-0.4, -0.2) is 65.0 Å². The van der Waals surface area contributed by atoms with Gasteiger partial charge in [-0.2, -0.15) is 8.62 Å². The van der Waals surface area contributed by atoms with Crippen molar-refractivity contribution in [3.8, 4) is 0 Å². The smallest absolute Gasteiger partial charge is 0.382 e. The monoisotopic (exact) mass is 640 g/mol. The van der Waals surface area contributed by atoms with E-state index in [0.717, 1.165) is 0 Å². The summed E-state index contributed by atoms with van der Waals surface area (Å²) in [7, 11) is -15.5. The second-order valence-electron chi connectivity index (χ2n) is 8.23. The standard InChI is InChI=1S/C18H23N6O14P3/c1-33-39(27,28)37-41(31,32)38-40(29,30)35-8-14-13(34-7-11-4-2-3-5-12(11)24(25)26)6-15(36-14)23-10-22-16-17(19)20-9-21-18(16)23/h2-5,9-10,13-15H,6-8H2,1H3,(H,27,28)(H,29,30)(H,31,32)(H2,19,20,21)/t13?,14-,15-/m1/s1. The number of nitrogens with two attached hydrogens (primary N) is 1. The minimum Gasteiger partial charge on any atom is -0.382 e. The fourth-order valence-electron chi connectivity index (χ4n) is 3.79. The van der Waals surface area contributed by atoms with Gasteiger partial charge in [-0.3, -0.25) is 23.7 Å². The average Bonchev–Trinajstić information content (AvgIpc) is 3.50. The highest BCUT2D eigenvalue weighted by Gasteiger charge is 2.44. The zero-order chi connectivity index (χ0) is 30.0. The van der Waals surface area contributed by atoms with Gasteiger partial charge in [-0.15, -0.1) is 0 Å². The van der Waals surface area contributed by atoms with Gasteiger partial charge in [0, 0.05) is 19.6 Å². The molecule has 3 heterocycles. The van der Waals surface area contributed by atoms with Crippen LogP contribution in [0.5, 0.6) is 0 Å². The van der Waals surface area contributed by atoms with Gasteiger partial charge >= 0.3 is 23.5 Å². The van der Waals surface area contributed by atoms with E-state index in [-0.39, 0.29) is 35.6 Å². The van der Waals surface area contributed by atoms with Gasteiger partial charge in [0.1, 0.15) is 24.2 Å². The van der Waals surface area contributed by atoms with Gasteiger partial charge in [0.05, 0.1) is 36.1 Å². The maximum atomic E-state index is 12.4. The molecule has 4 unspecified atom stereocenters. The first kappa shape index (κ1) is 31.2. The Balaban J connectivity index is 1.52. The lowest BCUT2D eigenvalue weighted by Crippen LogP contribution is -2.29. The third-order valence-corrected chi connectivity index (χ3v) is 9.80. The summed E-state index contributed by atoms with van der Waals surface area (Å²) in [5, 5.41) is 11.4. The Bertz CT molecular complexity index is 1570. The van der Waals surface area contributed by atoms with Gasteiger partial charge in [-0.25, -0.2) is 28.6 Å². The lowest BCUT2D eigenvalue weighted by atomic mass is 10.1. The van der Waals surface area contributed by atoms with Crippen LogP contribution in [0.3, 0.4) is 0 Å². The first-order chi connectivity index (χ1) is 19.2. The van der Waals surface area contributed by atoms with Gasteiger partial charge in [-0.05, 0) is 6.07 Å². The van der Waals surface area contributed by atoms with Gasteiger partial charge in [-0.1, -0.05) is 12.1 Å². The molecule has 0 amide bonds. The number of imidazole rings is 1. The highest BCUT2D eigenvalue weighted by atomic mass is 31.3. The number of aromatic nitrogens is 4. The first-order valence-electron chi connectivity index (χ1n) is 11.2. The Labute approximate surface area is 230 Å². The van der Waals surface area contributed by atoms with Crippen molar-refractivity contribution in [2.45, 2.75) is 31.5 Å². The summed E-state index contributed by atoms with van der Waals surface area (Å²) in [5.41, 5.74) is 6.43. The van der Waals surface area contributed by atoms with Crippen LogP contribution in [0.1, 0.15) is 18.2 Å². The minimum atomic E-state index is -5.63. The second-order valence-corrected chi connectivity index (χ2v) is 13.0. The third kappa shape index (κ3) is 7.78. The molecule has 5 N–H and O–H groups in total. The number of anilines is 1. The Morgan fingerprint density at radius 2 is 1.83 bits per heavy atom. The van der Waals surface area contributed by atoms with Crippen LogP contribution in [0, 0.1) is 10.1 Å². The number of nitro groups is 1. The zero-order valence-corrected chi connectivity index (χ0v) is 23.5. The number of nitrogen functional groups attached to an aromatic ring is 1. The maximum Gasteiger partial charge on any atom is 0.490 e. The Kier molecular flexibility index (Phi) is 9.35. The molecule has 1 fully saturated rings. The Morgan fingerprint density at radius 3 is 2.54 bits per heavy atom. The first-order valence-corrected chi connectivity index (χ1v) is 15.7. The Morgan fingerprint density at radius 1 is 1.12 bits per heavy atom. The van der Waals surface area contributed by atoms with Crippen molar-refractivity contribution in [2.24, 2.45) is 0 Å². The van der Waals surface area contributed by atoms with Crippen molar-refractivity contribution in [2.75, 3.05) is 19.5 Å². The number of rotatable bonds is 13. The van der Waals surface area contributed by atoms with E-state index in [1.54, 1.807) is 6.07 Å². The van der Waals surface area contributed by atoms with Crippen LogP contribution < -0.4 is 5.73 Å². The summed E-state index contributed by atoms with van der Waals surface area (Å²) < 4.78 is 65.6. The number of ether oxygens (including phenoxy) is 2. The summed E-state index contributed by atoms with van der Waals surface area (Å²) in [5.74, 6) is 0.103. The molecule has 0 bridgehead atoms. The third-order valence-electron chi connectivity index (χ3n) is 5.56. The van der Waals surface area contributed by atoms with Crippen molar-refractivity contribution in [1.82, 2.24) is 19.5 Å². The summed E-state index contributed by atoms with van der Waals surface area (Å²) in [6.45, 7) is -1.04. The number of phosphoric acid groups is 3. The van der Waals surface area contributed by atoms with Crippen LogP contribution in [0.2, 0.25) is 0 Å². The number of phosphoric ester groups is 2. The summed E-state index contributed by atoms with van der Waals surface area (Å²) in [6.07, 6.45) is -0.316. The molecule has 1 aliphatic heterocycles. The lowest BCUT2D eigenvalue weighted by Gasteiger charge is -2.21. The van der Waals surface area contributed by atoms with Crippen molar-refractivity contribution >= 4 is 46.1 Å². The van der Waals surface area contributed by atoms with Crippen molar-refractivity contribution < 1.29 is 60.4 Å². The Hall–Kier alpha value is -2.70. The van der Waals surface area contributed by atoms with E-state index in [2.05, 4.69) is 28.1 Å². The fourth-order valence-corrected chi connectivity index (χ4v) is 7.05. The number of nitrogens with zero attached hydrogens (tertiary/aromatic N) is 5. The normalized spacial score (nSPS) is 23.6. The van der Waals surface area contributed by atoms with Crippen molar-refractivity contribution in [3.63, 3.8) is 0 Å². The molecule has 20 nitrogen and oxygen atoms in total. The SMILES string of the molecule is COP(=O)(O)OP(=O)(O)OP(=O)(O)OC[C@H]1O[C@@H](n2cnc3c(N)ncnc32)CC1OCc1ccccc1[N+](=O)[O-]. The van der Waals surface area contributed by atoms with E-state index in [1.165, 1.54) is 35.4 Å². The van der Waals surface area contributed by atoms with Gasteiger partial charge in [0.2, 0.25) is 0 Å².